The number of anilines is 1. The lowest BCUT2D eigenvalue weighted by Crippen LogP contribution is -2.37. The molecule has 1 aromatic rings. The van der Waals surface area contributed by atoms with Crippen LogP contribution < -0.4 is 4.90 Å². The Morgan fingerprint density at radius 2 is 1.73 bits per heavy atom. The summed E-state index contributed by atoms with van der Waals surface area (Å²) in [5.74, 6) is 1.08. The third-order valence-corrected chi connectivity index (χ3v) is 4.16. The Kier molecular flexibility index (Phi) is 5.37. The number of carbonyl (C=O) groups is 1. The molecule has 0 N–H and O–H groups in total. The van der Waals surface area contributed by atoms with Gasteiger partial charge in [-0.25, -0.2) is 4.98 Å². The normalized spacial score (nSPS) is 20.1. The second-order valence-corrected chi connectivity index (χ2v) is 5.63. The minimum Gasteiger partial charge on any atom is -0.379 e. The van der Waals surface area contributed by atoms with Crippen LogP contribution in [0.5, 0.6) is 0 Å². The summed E-state index contributed by atoms with van der Waals surface area (Å²) in [4.78, 5) is 21.1. The number of ether oxygens (including phenoxy) is 2. The maximum atomic E-state index is 12.2. The summed E-state index contributed by atoms with van der Waals surface area (Å²) in [5.41, 5.74) is 0.699. The average Bonchev–Trinajstić information content (AvgIpc) is 2.61. The van der Waals surface area contributed by atoms with Crippen LogP contribution in [0.2, 0.25) is 0 Å². The molecule has 3 heterocycles. The molecule has 3 rings (SSSR count). The molecule has 2 aliphatic heterocycles. The Hall–Kier alpha value is -1.50. The predicted octanol–water partition coefficient (Wildman–Crippen LogP) is 0.823. The first-order valence-electron chi connectivity index (χ1n) is 7.95. The molecule has 1 aromatic heterocycles. The monoisotopic (exact) mass is 305 g/mol. The van der Waals surface area contributed by atoms with Crippen LogP contribution in [-0.2, 0) is 9.47 Å². The standard InChI is InChI=1S/C16H23N3O3/c20-15(3-4-18-5-9-21-10-6-18)14-1-2-16(17-13-14)19-7-11-22-12-8-19/h1-2,13H,3-12H2. The zero-order valence-electron chi connectivity index (χ0n) is 12.9. The zero-order chi connectivity index (χ0) is 15.2. The maximum absolute atomic E-state index is 12.2. The van der Waals surface area contributed by atoms with E-state index in [1.54, 1.807) is 6.20 Å². The quantitative estimate of drug-likeness (QED) is 0.751. The van der Waals surface area contributed by atoms with Gasteiger partial charge in [0.1, 0.15) is 5.82 Å². The van der Waals surface area contributed by atoms with Crippen molar-refractivity contribution in [1.82, 2.24) is 9.88 Å². The van der Waals surface area contributed by atoms with E-state index in [4.69, 9.17) is 9.47 Å². The van der Waals surface area contributed by atoms with Crippen molar-refractivity contribution in [2.45, 2.75) is 6.42 Å². The molecule has 0 amide bonds. The number of hydrogen-bond acceptors (Lipinski definition) is 6. The van der Waals surface area contributed by atoms with Gasteiger partial charge in [-0.05, 0) is 12.1 Å². The first kappa shape index (κ1) is 15.4. The van der Waals surface area contributed by atoms with Crippen LogP contribution in [0.4, 0.5) is 5.82 Å². The molecule has 0 atom stereocenters. The number of rotatable bonds is 5. The molecule has 0 spiro atoms. The lowest BCUT2D eigenvalue weighted by Gasteiger charge is -2.27. The zero-order valence-corrected chi connectivity index (χ0v) is 12.9. The van der Waals surface area contributed by atoms with Gasteiger partial charge in [-0.2, -0.15) is 0 Å². The number of aromatic nitrogens is 1. The third kappa shape index (κ3) is 4.03. The van der Waals surface area contributed by atoms with Crippen LogP contribution in [0, 0.1) is 0 Å². The summed E-state index contributed by atoms with van der Waals surface area (Å²) in [5, 5.41) is 0. The molecular formula is C16H23N3O3. The second kappa shape index (κ2) is 7.67. The van der Waals surface area contributed by atoms with Gasteiger partial charge in [-0.3, -0.25) is 9.69 Å². The minimum atomic E-state index is 0.160. The van der Waals surface area contributed by atoms with E-state index in [0.717, 1.165) is 65.0 Å². The molecule has 22 heavy (non-hydrogen) atoms. The Morgan fingerprint density at radius 3 is 2.36 bits per heavy atom. The molecule has 2 aliphatic rings. The first-order valence-corrected chi connectivity index (χ1v) is 7.95. The number of pyridine rings is 1. The number of ketones is 1. The molecule has 0 aliphatic carbocycles. The highest BCUT2D eigenvalue weighted by atomic mass is 16.5. The summed E-state index contributed by atoms with van der Waals surface area (Å²) in [6.07, 6.45) is 2.24. The van der Waals surface area contributed by atoms with E-state index in [9.17, 15) is 4.79 Å². The molecule has 0 bridgehead atoms. The average molecular weight is 305 g/mol. The molecule has 2 saturated heterocycles. The predicted molar refractivity (Wildman–Crippen MR) is 83.5 cm³/mol. The highest BCUT2D eigenvalue weighted by molar-refractivity contribution is 5.96. The number of hydrogen-bond donors (Lipinski definition) is 0. The van der Waals surface area contributed by atoms with E-state index in [-0.39, 0.29) is 5.78 Å². The first-order chi connectivity index (χ1) is 10.8. The molecule has 0 saturated carbocycles. The summed E-state index contributed by atoms with van der Waals surface area (Å²) < 4.78 is 10.6. The fourth-order valence-electron chi connectivity index (χ4n) is 2.76. The van der Waals surface area contributed by atoms with Crippen LogP contribution in [-0.4, -0.2) is 74.8 Å². The smallest absolute Gasteiger partial charge is 0.165 e. The van der Waals surface area contributed by atoms with Crippen molar-refractivity contribution in [2.75, 3.05) is 64.1 Å². The van der Waals surface area contributed by atoms with Crippen LogP contribution in [0.1, 0.15) is 16.8 Å². The van der Waals surface area contributed by atoms with Gasteiger partial charge in [0.2, 0.25) is 0 Å². The Labute approximate surface area is 131 Å². The van der Waals surface area contributed by atoms with Crippen LogP contribution >= 0.6 is 0 Å². The lowest BCUT2D eigenvalue weighted by atomic mass is 10.1. The van der Waals surface area contributed by atoms with E-state index < -0.39 is 0 Å². The van der Waals surface area contributed by atoms with Gasteiger partial charge in [0.05, 0.1) is 26.4 Å². The number of carbonyl (C=O) groups excluding carboxylic acids is 1. The van der Waals surface area contributed by atoms with Gasteiger partial charge < -0.3 is 14.4 Å². The molecule has 2 fully saturated rings. The van der Waals surface area contributed by atoms with Crippen LogP contribution in [0.3, 0.4) is 0 Å². The Bertz CT molecular complexity index is 480. The van der Waals surface area contributed by atoms with E-state index in [2.05, 4.69) is 14.8 Å². The summed E-state index contributed by atoms with van der Waals surface area (Å²) in [7, 11) is 0. The SMILES string of the molecule is O=C(CCN1CCOCC1)c1ccc(N2CCOCC2)nc1. The Balaban J connectivity index is 1.51. The van der Waals surface area contributed by atoms with Gasteiger partial charge in [-0.15, -0.1) is 0 Å². The highest BCUT2D eigenvalue weighted by Gasteiger charge is 2.15. The van der Waals surface area contributed by atoms with Gasteiger partial charge in [-0.1, -0.05) is 0 Å². The molecule has 0 unspecified atom stereocenters. The van der Waals surface area contributed by atoms with Crippen molar-refractivity contribution in [2.24, 2.45) is 0 Å². The molecule has 6 nitrogen and oxygen atoms in total. The van der Waals surface area contributed by atoms with Crippen LogP contribution in [0.15, 0.2) is 18.3 Å². The summed E-state index contributed by atoms with van der Waals surface area (Å²) >= 11 is 0. The van der Waals surface area contributed by atoms with Crippen molar-refractivity contribution in [3.8, 4) is 0 Å². The largest absolute Gasteiger partial charge is 0.379 e. The van der Waals surface area contributed by atoms with E-state index in [1.807, 2.05) is 12.1 Å². The Morgan fingerprint density at radius 1 is 1.05 bits per heavy atom. The van der Waals surface area contributed by atoms with Gasteiger partial charge in [0, 0.05) is 50.9 Å². The van der Waals surface area contributed by atoms with E-state index >= 15 is 0 Å². The number of Topliss-reactive ketones (excluding diaryl/α,β-unsaturated/α-hetero) is 1. The fraction of sp³-hybridized carbons (Fsp3) is 0.625. The third-order valence-electron chi connectivity index (χ3n) is 4.16. The fourth-order valence-corrected chi connectivity index (χ4v) is 2.76. The van der Waals surface area contributed by atoms with Crippen molar-refractivity contribution in [3.63, 3.8) is 0 Å². The van der Waals surface area contributed by atoms with Crippen molar-refractivity contribution in [1.29, 1.82) is 0 Å². The van der Waals surface area contributed by atoms with E-state index in [1.165, 1.54) is 0 Å². The molecule has 0 radical (unpaired) electrons. The van der Waals surface area contributed by atoms with Crippen LogP contribution in [0.25, 0.3) is 0 Å². The molecule has 0 aromatic carbocycles. The second-order valence-electron chi connectivity index (χ2n) is 5.63. The topological polar surface area (TPSA) is 54.9 Å². The number of nitrogens with zero attached hydrogens (tertiary/aromatic N) is 3. The molecular weight excluding hydrogens is 282 g/mol. The minimum absolute atomic E-state index is 0.160. The van der Waals surface area contributed by atoms with E-state index in [0.29, 0.717) is 12.0 Å². The molecule has 120 valence electrons. The van der Waals surface area contributed by atoms with Gasteiger partial charge in [0.25, 0.3) is 0 Å². The van der Waals surface area contributed by atoms with Gasteiger partial charge in [0.15, 0.2) is 5.78 Å². The van der Waals surface area contributed by atoms with Crippen molar-refractivity contribution < 1.29 is 14.3 Å². The van der Waals surface area contributed by atoms with Crippen molar-refractivity contribution in [3.05, 3.63) is 23.9 Å². The van der Waals surface area contributed by atoms with Crippen molar-refractivity contribution >= 4 is 11.6 Å². The lowest BCUT2D eigenvalue weighted by molar-refractivity contribution is 0.0370. The summed E-state index contributed by atoms with van der Waals surface area (Å²) in [6, 6.07) is 3.83. The summed E-state index contributed by atoms with van der Waals surface area (Å²) in [6.45, 7) is 7.36. The maximum Gasteiger partial charge on any atom is 0.165 e. The molecule has 6 heteroatoms. The van der Waals surface area contributed by atoms with Gasteiger partial charge >= 0.3 is 0 Å². The number of morpholine rings is 2. The highest BCUT2D eigenvalue weighted by Crippen LogP contribution is 2.14.